The van der Waals surface area contributed by atoms with Crippen LogP contribution in [0.3, 0.4) is 0 Å². The lowest BCUT2D eigenvalue weighted by Gasteiger charge is -2.02. The van der Waals surface area contributed by atoms with E-state index in [0.29, 0.717) is 0 Å². The van der Waals surface area contributed by atoms with E-state index < -0.39 is 7.60 Å². The van der Waals surface area contributed by atoms with Crippen LogP contribution in [0.25, 0.3) is 0 Å². The summed E-state index contributed by atoms with van der Waals surface area (Å²) < 4.78 is 14.6. The number of hydrogen-bond donors (Lipinski definition) is 1. The largest absolute Gasteiger partial charge is 0.325 e. The van der Waals surface area contributed by atoms with Crippen molar-refractivity contribution in [3.8, 4) is 0 Å². The van der Waals surface area contributed by atoms with E-state index in [1.807, 2.05) is 0 Å². The van der Waals surface area contributed by atoms with Gasteiger partial charge in [0, 0.05) is 12.5 Å². The second kappa shape index (κ2) is 3.46. The molecule has 0 amide bonds. The second-order valence-corrected chi connectivity index (χ2v) is 3.57. The van der Waals surface area contributed by atoms with E-state index in [1.165, 1.54) is 0 Å². The van der Waals surface area contributed by atoms with Crippen molar-refractivity contribution >= 4 is 19.2 Å². The van der Waals surface area contributed by atoms with E-state index in [-0.39, 0.29) is 12.5 Å². The van der Waals surface area contributed by atoms with Crippen LogP contribution < -0.4 is 0 Å². The molecule has 0 aromatic heterocycles. The third-order valence-corrected chi connectivity index (χ3v) is 1.22. The first-order chi connectivity index (χ1) is 3.56. The molecule has 3 nitrogen and oxygen atoms in total. The van der Waals surface area contributed by atoms with Gasteiger partial charge in [-0.25, -0.2) is 0 Å². The normalized spacial score (nSPS) is 17.9. The van der Waals surface area contributed by atoms with Crippen molar-refractivity contribution in [1.82, 2.24) is 0 Å². The molecule has 1 N–H and O–H groups in total. The predicted octanol–water partition coefficient (Wildman–Crippen LogP) is 1.06. The lowest BCUT2D eigenvalue weighted by atomic mass is 10.9. The fourth-order valence-corrected chi connectivity index (χ4v) is 0.819. The van der Waals surface area contributed by atoms with E-state index in [9.17, 15) is 4.57 Å². The minimum absolute atomic E-state index is 0.131. The maximum absolute atomic E-state index is 10.2. The molecule has 0 aromatic rings. The van der Waals surface area contributed by atoms with Crippen molar-refractivity contribution in [2.24, 2.45) is 0 Å². The van der Waals surface area contributed by atoms with Gasteiger partial charge in [0.25, 0.3) is 0 Å². The summed E-state index contributed by atoms with van der Waals surface area (Å²) in [4.78, 5) is 8.42. The Hall–Kier alpha value is 0.440. The Balaban J connectivity index is 3.26. The quantitative estimate of drug-likeness (QED) is 0.494. The molecule has 0 bridgehead atoms. The zero-order chi connectivity index (χ0) is 6.62. The summed E-state index contributed by atoms with van der Waals surface area (Å²) in [5.41, 5.74) is 0. The monoisotopic (exact) mass is 158 g/mol. The average molecular weight is 159 g/mol. The predicted molar refractivity (Wildman–Crippen MR) is 32.4 cm³/mol. The molecule has 0 heterocycles. The first-order valence-electron chi connectivity index (χ1n) is 2.07. The Morgan fingerprint density at radius 1 is 1.88 bits per heavy atom. The number of hydrogen-bond acceptors (Lipinski definition) is 2. The number of alkyl halides is 1. The summed E-state index contributed by atoms with van der Waals surface area (Å²) in [6, 6.07) is 0. The first-order valence-corrected chi connectivity index (χ1v) is 4.63. The van der Waals surface area contributed by atoms with Crippen LogP contribution in [0, 0.1) is 0 Å². The van der Waals surface area contributed by atoms with E-state index in [4.69, 9.17) is 16.5 Å². The van der Waals surface area contributed by atoms with Gasteiger partial charge >= 0.3 is 7.60 Å². The van der Waals surface area contributed by atoms with Crippen LogP contribution in [0.4, 0.5) is 0 Å². The van der Waals surface area contributed by atoms with Crippen LogP contribution in [0.15, 0.2) is 0 Å². The zero-order valence-electron chi connectivity index (χ0n) is 4.50. The fourth-order valence-electron chi connectivity index (χ4n) is 0.204. The van der Waals surface area contributed by atoms with E-state index in [1.54, 1.807) is 0 Å². The van der Waals surface area contributed by atoms with Gasteiger partial charge in [0.05, 0.1) is 6.61 Å². The van der Waals surface area contributed by atoms with Gasteiger partial charge in [-0.1, -0.05) is 0 Å². The highest BCUT2D eigenvalue weighted by molar-refractivity contribution is 7.51. The van der Waals surface area contributed by atoms with E-state index in [2.05, 4.69) is 4.52 Å². The van der Waals surface area contributed by atoms with Gasteiger partial charge in [-0.2, -0.15) is 0 Å². The highest BCUT2D eigenvalue weighted by atomic mass is 35.5. The van der Waals surface area contributed by atoms with Gasteiger partial charge in [0.15, 0.2) is 0 Å². The summed E-state index contributed by atoms with van der Waals surface area (Å²) in [7, 11) is -3.27. The van der Waals surface area contributed by atoms with Crippen LogP contribution in [-0.4, -0.2) is 24.0 Å². The molecule has 1 atom stereocenters. The van der Waals surface area contributed by atoms with Crippen molar-refractivity contribution in [2.45, 2.75) is 0 Å². The van der Waals surface area contributed by atoms with Gasteiger partial charge in [0.1, 0.15) is 0 Å². The number of rotatable bonds is 3. The maximum atomic E-state index is 10.2. The number of halogens is 1. The third-order valence-electron chi connectivity index (χ3n) is 0.408. The smallest absolute Gasteiger partial charge is 0.324 e. The van der Waals surface area contributed by atoms with Crippen LogP contribution in [0.1, 0.15) is 0 Å². The molecule has 8 heavy (non-hydrogen) atoms. The summed E-state index contributed by atoms with van der Waals surface area (Å²) in [5.74, 6) is 0.248. The lowest BCUT2D eigenvalue weighted by molar-refractivity contribution is 0.281. The molecular formula is C3H8ClO3P. The molecule has 0 fully saturated rings. The van der Waals surface area contributed by atoms with Crippen LogP contribution in [0.5, 0.6) is 0 Å². The van der Waals surface area contributed by atoms with Crippen LogP contribution in [0.2, 0.25) is 0 Å². The molecule has 0 saturated heterocycles. The van der Waals surface area contributed by atoms with Crippen molar-refractivity contribution in [1.29, 1.82) is 0 Å². The first kappa shape index (κ1) is 8.44. The molecule has 0 radical (unpaired) electrons. The molecule has 0 rings (SSSR count). The van der Waals surface area contributed by atoms with Crippen molar-refractivity contribution < 1.29 is 14.0 Å². The summed E-state index contributed by atoms with van der Waals surface area (Å²) in [5, 5.41) is 0. The SMILES string of the molecule is CP(=O)(O)OCCCl. The Morgan fingerprint density at radius 2 is 2.38 bits per heavy atom. The topological polar surface area (TPSA) is 46.5 Å². The second-order valence-electron chi connectivity index (χ2n) is 1.33. The van der Waals surface area contributed by atoms with Gasteiger partial charge < -0.3 is 9.42 Å². The van der Waals surface area contributed by atoms with Gasteiger partial charge in [-0.05, 0) is 0 Å². The minimum Gasteiger partial charge on any atom is -0.324 e. The molecule has 50 valence electrons. The summed E-state index contributed by atoms with van der Waals surface area (Å²) in [6.45, 7) is 1.26. The average Bonchev–Trinajstić information content (AvgIpc) is 1.59. The van der Waals surface area contributed by atoms with E-state index in [0.717, 1.165) is 6.66 Å². The zero-order valence-corrected chi connectivity index (χ0v) is 6.15. The van der Waals surface area contributed by atoms with Gasteiger partial charge in [-0.3, -0.25) is 4.57 Å². The van der Waals surface area contributed by atoms with Crippen molar-refractivity contribution in [2.75, 3.05) is 19.2 Å². The fraction of sp³-hybridized carbons (Fsp3) is 1.00. The van der Waals surface area contributed by atoms with Crippen LogP contribution in [-0.2, 0) is 9.09 Å². The molecule has 5 heteroatoms. The van der Waals surface area contributed by atoms with Crippen LogP contribution >= 0.6 is 19.2 Å². The molecule has 0 aromatic carbocycles. The minimum atomic E-state index is -3.27. The molecule has 0 aliphatic heterocycles. The Bertz CT molecular complexity index is 98.7. The molecule has 0 aliphatic rings. The van der Waals surface area contributed by atoms with Gasteiger partial charge in [0.2, 0.25) is 0 Å². The maximum Gasteiger partial charge on any atom is 0.325 e. The Labute approximate surface area is 53.1 Å². The van der Waals surface area contributed by atoms with Crippen molar-refractivity contribution in [3.63, 3.8) is 0 Å². The standard InChI is InChI=1S/C3H8ClO3P/c1-8(5,6)7-3-2-4/h2-3H2,1H3,(H,5,6). The summed E-state index contributed by atoms with van der Waals surface area (Å²) >= 11 is 5.15. The highest BCUT2D eigenvalue weighted by Gasteiger charge is 2.07. The highest BCUT2D eigenvalue weighted by Crippen LogP contribution is 2.35. The van der Waals surface area contributed by atoms with Gasteiger partial charge in [-0.15, -0.1) is 11.6 Å². The molecule has 0 aliphatic carbocycles. The van der Waals surface area contributed by atoms with E-state index >= 15 is 0 Å². The molecule has 1 unspecified atom stereocenters. The molecular weight excluding hydrogens is 150 g/mol. The molecule has 0 saturated carbocycles. The molecule has 0 spiro atoms. The Kier molecular flexibility index (Phi) is 3.65. The third kappa shape index (κ3) is 6.44. The van der Waals surface area contributed by atoms with Crippen molar-refractivity contribution in [3.05, 3.63) is 0 Å². The Morgan fingerprint density at radius 3 is 2.50 bits per heavy atom. The lowest BCUT2D eigenvalue weighted by Crippen LogP contribution is -1.91. The summed E-state index contributed by atoms with van der Waals surface area (Å²) in [6.07, 6.45) is 0.